The Hall–Kier alpha value is -4.52. The van der Waals surface area contributed by atoms with Crippen molar-refractivity contribution in [3.05, 3.63) is 54.4 Å². The Balaban J connectivity index is 1.45. The molecule has 2 aromatic heterocycles. The van der Waals surface area contributed by atoms with E-state index in [4.69, 9.17) is 10.5 Å². The average molecular weight is 530 g/mol. The molecule has 0 aliphatic carbocycles. The van der Waals surface area contributed by atoms with E-state index in [2.05, 4.69) is 49.1 Å². The van der Waals surface area contributed by atoms with Crippen LogP contribution >= 0.6 is 0 Å². The van der Waals surface area contributed by atoms with Gasteiger partial charge in [0.2, 0.25) is 0 Å². The summed E-state index contributed by atoms with van der Waals surface area (Å²) in [6.45, 7) is 10.1. The fraction of sp³-hybridized carbons (Fsp3) is 0.379. The number of pyridine rings is 1. The van der Waals surface area contributed by atoms with E-state index in [0.717, 1.165) is 37.4 Å². The van der Waals surface area contributed by atoms with Crippen LogP contribution in [0.3, 0.4) is 0 Å². The number of nitrogens with two attached hydrogens (primary N) is 1. The summed E-state index contributed by atoms with van der Waals surface area (Å²) in [5.74, 6) is 6.46. The van der Waals surface area contributed by atoms with Gasteiger partial charge in [0.25, 0.3) is 0 Å². The van der Waals surface area contributed by atoms with Crippen LogP contribution in [0.4, 0.5) is 22.0 Å². The normalized spacial score (nSPS) is 15.6. The molecule has 10 heteroatoms. The predicted octanol–water partition coefficient (Wildman–Crippen LogP) is 3.81. The fourth-order valence-electron chi connectivity index (χ4n) is 4.38. The molecule has 1 amide bonds. The fourth-order valence-corrected chi connectivity index (χ4v) is 4.38. The molecule has 0 saturated carbocycles. The number of aromatic hydroxyl groups is 1. The van der Waals surface area contributed by atoms with Gasteiger partial charge in [-0.15, -0.1) is 10.2 Å². The zero-order chi connectivity index (χ0) is 28.0. The Morgan fingerprint density at radius 3 is 2.74 bits per heavy atom. The van der Waals surface area contributed by atoms with Crippen LogP contribution in [0.15, 0.2) is 48.7 Å². The highest BCUT2D eigenvalue weighted by Gasteiger charge is 2.24. The first-order valence-electron chi connectivity index (χ1n) is 13.0. The molecule has 0 bridgehead atoms. The molecule has 1 saturated heterocycles. The summed E-state index contributed by atoms with van der Waals surface area (Å²) in [4.78, 5) is 20.7. The van der Waals surface area contributed by atoms with Crippen molar-refractivity contribution >= 4 is 23.3 Å². The first kappa shape index (κ1) is 27.5. The molecule has 204 valence electrons. The Labute approximate surface area is 229 Å². The van der Waals surface area contributed by atoms with Crippen molar-refractivity contribution in [2.75, 3.05) is 41.7 Å². The predicted molar refractivity (Wildman–Crippen MR) is 153 cm³/mol. The van der Waals surface area contributed by atoms with Gasteiger partial charge in [0.15, 0.2) is 5.82 Å². The number of nitrogens with one attached hydrogen (secondary N) is 1. The van der Waals surface area contributed by atoms with Crippen molar-refractivity contribution in [2.24, 2.45) is 0 Å². The molecular weight excluding hydrogens is 494 g/mol. The number of anilines is 3. The highest BCUT2D eigenvalue weighted by atomic mass is 16.6. The minimum atomic E-state index is -0.556. The van der Waals surface area contributed by atoms with Crippen LogP contribution in [0.1, 0.15) is 39.8 Å². The first-order chi connectivity index (χ1) is 18.6. The molecule has 3 aromatic rings. The third-order valence-electron chi connectivity index (χ3n) is 6.29. The average Bonchev–Trinajstić information content (AvgIpc) is 3.08. The molecule has 4 N–H and O–H groups in total. The third-order valence-corrected chi connectivity index (χ3v) is 6.29. The highest BCUT2D eigenvalue weighted by molar-refractivity contribution is 5.74. The molecule has 0 unspecified atom stereocenters. The summed E-state index contributed by atoms with van der Waals surface area (Å²) in [6, 6.07) is 13.2. The number of aromatic nitrogens is 3. The number of nitrogens with zero attached hydrogens (tertiary/aromatic N) is 5. The van der Waals surface area contributed by atoms with Crippen LogP contribution in [0.5, 0.6) is 5.75 Å². The monoisotopic (exact) mass is 529 g/mol. The van der Waals surface area contributed by atoms with Crippen molar-refractivity contribution in [2.45, 2.75) is 45.8 Å². The molecule has 1 aromatic carbocycles. The quantitative estimate of drug-likeness (QED) is 0.432. The molecule has 1 fully saturated rings. The number of ether oxygens (including phenoxy) is 1. The molecule has 39 heavy (non-hydrogen) atoms. The lowest BCUT2D eigenvalue weighted by molar-refractivity contribution is 0.0535. The molecule has 1 aliphatic heterocycles. The van der Waals surface area contributed by atoms with Crippen molar-refractivity contribution in [3.63, 3.8) is 0 Å². The van der Waals surface area contributed by atoms with Gasteiger partial charge in [-0.2, -0.15) is 0 Å². The minimum Gasteiger partial charge on any atom is -0.507 e. The van der Waals surface area contributed by atoms with Gasteiger partial charge in [-0.3, -0.25) is 0 Å². The zero-order valence-electron chi connectivity index (χ0n) is 22.8. The number of alkyl carbamates (subject to hydrolysis) is 1. The lowest BCUT2D eigenvalue weighted by atomic mass is 10.1. The van der Waals surface area contributed by atoms with Crippen LogP contribution in [0.25, 0.3) is 11.3 Å². The third kappa shape index (κ3) is 7.29. The number of rotatable bonds is 4. The standard InChI is InChI=1S/C29H35N7O3/c1-20-12-15-35(25-19-24(33-34-27(25)30)23-9-5-6-10-26(23)37)16-17-36(20)22-11-14-31-21(18-22)8-7-13-32-28(38)39-29(2,3)4/h5-6,9-11,14,18-20,37H,12-13,15-17H2,1-4H3,(H2,30,34)(H,32,38)/t20-/m1/s1. The number of phenolic OH excluding ortho intramolecular Hbond substituents is 1. The maximum absolute atomic E-state index is 11.8. The Kier molecular flexibility index (Phi) is 8.39. The lowest BCUT2D eigenvalue weighted by Gasteiger charge is -2.29. The van der Waals surface area contributed by atoms with Gasteiger partial charge in [-0.05, 0) is 70.4 Å². The van der Waals surface area contributed by atoms with E-state index in [-0.39, 0.29) is 18.3 Å². The van der Waals surface area contributed by atoms with Gasteiger partial charge < -0.3 is 30.7 Å². The SMILES string of the molecule is C[C@@H]1CCN(c2cc(-c3ccccc3O)nnc2N)CCN1c1ccnc(C#CCNC(=O)OC(C)(C)C)c1. The Bertz CT molecular complexity index is 1380. The number of hydrogen-bond acceptors (Lipinski definition) is 9. The number of hydrogen-bond donors (Lipinski definition) is 3. The number of nitrogen functional groups attached to an aromatic ring is 1. The summed E-state index contributed by atoms with van der Waals surface area (Å²) in [7, 11) is 0. The van der Waals surface area contributed by atoms with Crippen LogP contribution in [0, 0.1) is 11.8 Å². The van der Waals surface area contributed by atoms with Crippen LogP contribution < -0.4 is 20.9 Å². The number of carbonyl (C=O) groups is 1. The largest absolute Gasteiger partial charge is 0.507 e. The summed E-state index contributed by atoms with van der Waals surface area (Å²) >= 11 is 0. The van der Waals surface area contributed by atoms with E-state index in [0.29, 0.717) is 22.8 Å². The van der Waals surface area contributed by atoms with Crippen LogP contribution in [-0.2, 0) is 4.74 Å². The Morgan fingerprint density at radius 2 is 1.97 bits per heavy atom. The van der Waals surface area contributed by atoms with Gasteiger partial charge in [0, 0.05) is 43.1 Å². The molecule has 10 nitrogen and oxygen atoms in total. The number of benzene rings is 1. The van der Waals surface area contributed by atoms with Gasteiger partial charge in [-0.25, -0.2) is 9.78 Å². The van der Waals surface area contributed by atoms with Gasteiger partial charge in [0.05, 0.1) is 17.9 Å². The molecule has 1 aliphatic rings. The van der Waals surface area contributed by atoms with E-state index >= 15 is 0 Å². The summed E-state index contributed by atoms with van der Waals surface area (Å²) in [5, 5.41) is 21.3. The lowest BCUT2D eigenvalue weighted by Crippen LogP contribution is -2.35. The highest BCUT2D eigenvalue weighted by Crippen LogP contribution is 2.32. The Morgan fingerprint density at radius 1 is 1.18 bits per heavy atom. The second-order valence-corrected chi connectivity index (χ2v) is 10.4. The van der Waals surface area contributed by atoms with E-state index < -0.39 is 11.7 Å². The van der Waals surface area contributed by atoms with E-state index in [1.165, 1.54) is 0 Å². The molecule has 4 rings (SSSR count). The second-order valence-electron chi connectivity index (χ2n) is 10.4. The summed E-state index contributed by atoms with van der Waals surface area (Å²) in [6.07, 6.45) is 2.15. The van der Waals surface area contributed by atoms with Crippen LogP contribution in [0.2, 0.25) is 0 Å². The molecule has 3 heterocycles. The topological polar surface area (TPSA) is 130 Å². The second kappa shape index (κ2) is 11.9. The summed E-state index contributed by atoms with van der Waals surface area (Å²) < 4.78 is 5.22. The van der Waals surface area contributed by atoms with Crippen LogP contribution in [-0.4, -0.2) is 64.2 Å². The van der Waals surface area contributed by atoms with Gasteiger partial charge >= 0.3 is 6.09 Å². The summed E-state index contributed by atoms with van der Waals surface area (Å²) in [5.41, 5.74) is 9.33. The molecular formula is C29H35N7O3. The number of carbonyl (C=O) groups excluding carboxylic acids is 1. The van der Waals surface area contributed by atoms with Gasteiger partial charge in [-0.1, -0.05) is 18.1 Å². The van der Waals surface area contributed by atoms with Crippen molar-refractivity contribution in [1.29, 1.82) is 0 Å². The van der Waals surface area contributed by atoms with E-state index in [9.17, 15) is 9.90 Å². The zero-order valence-corrected chi connectivity index (χ0v) is 22.8. The van der Waals surface area contributed by atoms with Crippen molar-refractivity contribution in [3.8, 4) is 28.8 Å². The van der Waals surface area contributed by atoms with E-state index in [1.807, 2.05) is 51.1 Å². The molecule has 0 spiro atoms. The first-order valence-corrected chi connectivity index (χ1v) is 13.0. The molecule has 0 radical (unpaired) electrons. The number of para-hydroxylation sites is 1. The maximum Gasteiger partial charge on any atom is 0.408 e. The van der Waals surface area contributed by atoms with Crippen molar-refractivity contribution in [1.82, 2.24) is 20.5 Å². The number of amides is 1. The number of phenols is 1. The molecule has 1 atom stereocenters. The maximum atomic E-state index is 11.8. The van der Waals surface area contributed by atoms with Gasteiger partial charge in [0.1, 0.15) is 17.0 Å². The smallest absolute Gasteiger partial charge is 0.408 e. The minimum absolute atomic E-state index is 0.149. The van der Waals surface area contributed by atoms with Crippen molar-refractivity contribution < 1.29 is 14.6 Å². The van der Waals surface area contributed by atoms with E-state index in [1.54, 1.807) is 18.3 Å².